The molecule has 0 saturated heterocycles. The number of hydrogen-bond donors (Lipinski definition) is 2. The Morgan fingerprint density at radius 3 is 2.85 bits per heavy atom. The quantitative estimate of drug-likeness (QED) is 0.760. The normalized spacial score (nSPS) is 10.9. The van der Waals surface area contributed by atoms with Gasteiger partial charge in [0.15, 0.2) is 5.82 Å². The second kappa shape index (κ2) is 4.64. The second-order valence-electron chi connectivity index (χ2n) is 4.63. The van der Waals surface area contributed by atoms with Gasteiger partial charge in [0.2, 0.25) is 0 Å². The number of aryl methyl sites for hydroxylation is 2. The Hall–Kier alpha value is -2.34. The molecule has 3 N–H and O–H groups in total. The van der Waals surface area contributed by atoms with Crippen LogP contribution in [0.5, 0.6) is 0 Å². The van der Waals surface area contributed by atoms with Crippen LogP contribution in [0.4, 0.5) is 11.5 Å². The zero-order valence-corrected chi connectivity index (χ0v) is 12.0. The predicted molar refractivity (Wildman–Crippen MR) is 82.1 cm³/mol. The summed E-state index contributed by atoms with van der Waals surface area (Å²) in [6, 6.07) is 7.64. The fraction of sp³-hybridized carbons (Fsp3) is 0.143. The second-order valence-corrected chi connectivity index (χ2v) is 5.65. The molecule has 0 aliphatic heterocycles. The van der Waals surface area contributed by atoms with E-state index < -0.39 is 0 Å². The molecule has 2 heterocycles. The number of carbonyl (C=O) groups excluding carboxylic acids is 1. The standard InChI is InChI=1S/C14H14N4OS/c1-8-4-3-5-9-11(15)13(20-12(8)9)14(19)16-10-6-7-18(2)17-10/h3-7H,15H2,1-2H3,(H,16,17,19). The number of nitrogens with one attached hydrogen (secondary N) is 1. The van der Waals surface area contributed by atoms with Crippen LogP contribution in [0.25, 0.3) is 10.1 Å². The Morgan fingerprint density at radius 2 is 2.20 bits per heavy atom. The van der Waals surface area contributed by atoms with E-state index in [9.17, 15) is 4.79 Å². The molecule has 6 heteroatoms. The molecule has 0 fully saturated rings. The van der Waals surface area contributed by atoms with Crippen LogP contribution in [0.3, 0.4) is 0 Å². The van der Waals surface area contributed by atoms with Gasteiger partial charge < -0.3 is 11.1 Å². The van der Waals surface area contributed by atoms with Crippen molar-refractivity contribution < 1.29 is 4.79 Å². The molecule has 20 heavy (non-hydrogen) atoms. The van der Waals surface area contributed by atoms with Gasteiger partial charge in [-0.15, -0.1) is 11.3 Å². The Morgan fingerprint density at radius 1 is 1.40 bits per heavy atom. The van der Waals surface area contributed by atoms with Crippen molar-refractivity contribution in [2.75, 3.05) is 11.1 Å². The van der Waals surface area contributed by atoms with Crippen molar-refractivity contribution >= 4 is 38.8 Å². The van der Waals surface area contributed by atoms with E-state index in [2.05, 4.69) is 10.4 Å². The fourth-order valence-electron chi connectivity index (χ4n) is 2.10. The highest BCUT2D eigenvalue weighted by Crippen LogP contribution is 2.35. The molecule has 0 radical (unpaired) electrons. The highest BCUT2D eigenvalue weighted by molar-refractivity contribution is 7.21. The minimum atomic E-state index is -0.221. The Kier molecular flexibility index (Phi) is 2.94. The van der Waals surface area contributed by atoms with E-state index in [1.54, 1.807) is 24.0 Å². The molecule has 0 aliphatic rings. The van der Waals surface area contributed by atoms with Gasteiger partial charge in [0.05, 0.1) is 5.69 Å². The van der Waals surface area contributed by atoms with Crippen LogP contribution in [0, 0.1) is 6.92 Å². The van der Waals surface area contributed by atoms with Gasteiger partial charge in [-0.2, -0.15) is 5.10 Å². The van der Waals surface area contributed by atoms with Crippen molar-refractivity contribution in [1.82, 2.24) is 9.78 Å². The van der Waals surface area contributed by atoms with Crippen molar-refractivity contribution in [1.29, 1.82) is 0 Å². The number of anilines is 2. The number of thiophene rings is 1. The smallest absolute Gasteiger partial charge is 0.269 e. The lowest BCUT2D eigenvalue weighted by atomic mass is 10.1. The minimum absolute atomic E-state index is 0.221. The van der Waals surface area contributed by atoms with Crippen LogP contribution in [-0.4, -0.2) is 15.7 Å². The molecule has 1 amide bonds. The lowest BCUT2D eigenvalue weighted by Gasteiger charge is -2.00. The minimum Gasteiger partial charge on any atom is -0.397 e. The largest absolute Gasteiger partial charge is 0.397 e. The van der Waals surface area contributed by atoms with Crippen molar-refractivity contribution in [3.05, 3.63) is 40.9 Å². The maximum atomic E-state index is 12.3. The molecule has 0 aliphatic carbocycles. The zero-order chi connectivity index (χ0) is 14.3. The molecule has 3 aromatic rings. The molecule has 0 spiro atoms. The van der Waals surface area contributed by atoms with E-state index in [0.29, 0.717) is 16.4 Å². The molecule has 0 atom stereocenters. The number of aromatic nitrogens is 2. The summed E-state index contributed by atoms with van der Waals surface area (Å²) >= 11 is 1.41. The maximum absolute atomic E-state index is 12.3. The lowest BCUT2D eigenvalue weighted by molar-refractivity contribution is 0.103. The van der Waals surface area contributed by atoms with Crippen molar-refractivity contribution in [2.24, 2.45) is 7.05 Å². The molecule has 0 unspecified atom stereocenters. The monoisotopic (exact) mass is 286 g/mol. The molecule has 5 nitrogen and oxygen atoms in total. The molecule has 0 saturated carbocycles. The van der Waals surface area contributed by atoms with Gasteiger partial charge in [-0.1, -0.05) is 18.2 Å². The van der Waals surface area contributed by atoms with Gasteiger partial charge in [-0.05, 0) is 12.5 Å². The molecule has 3 rings (SSSR count). The van der Waals surface area contributed by atoms with Crippen LogP contribution >= 0.6 is 11.3 Å². The zero-order valence-electron chi connectivity index (χ0n) is 11.2. The number of nitrogens with zero attached hydrogens (tertiary/aromatic N) is 2. The average Bonchev–Trinajstić information content (AvgIpc) is 2.95. The van der Waals surface area contributed by atoms with E-state index >= 15 is 0 Å². The summed E-state index contributed by atoms with van der Waals surface area (Å²) in [5.41, 5.74) is 7.74. The molecular weight excluding hydrogens is 272 g/mol. The van der Waals surface area contributed by atoms with Crippen LogP contribution in [0.15, 0.2) is 30.5 Å². The number of nitrogen functional groups attached to an aromatic ring is 1. The number of amides is 1. The fourth-order valence-corrected chi connectivity index (χ4v) is 3.19. The van der Waals surface area contributed by atoms with E-state index in [1.165, 1.54) is 11.3 Å². The van der Waals surface area contributed by atoms with E-state index in [-0.39, 0.29) is 5.91 Å². The van der Waals surface area contributed by atoms with Gasteiger partial charge in [-0.25, -0.2) is 0 Å². The predicted octanol–water partition coefficient (Wildman–Crippen LogP) is 2.78. The molecule has 2 aromatic heterocycles. The first-order valence-corrected chi connectivity index (χ1v) is 6.96. The molecule has 1 aromatic carbocycles. The van der Waals surface area contributed by atoms with Crippen LogP contribution < -0.4 is 11.1 Å². The number of hydrogen-bond acceptors (Lipinski definition) is 4. The van der Waals surface area contributed by atoms with Gasteiger partial charge in [0.25, 0.3) is 5.91 Å². The third kappa shape index (κ3) is 2.04. The number of carbonyl (C=O) groups is 1. The highest BCUT2D eigenvalue weighted by Gasteiger charge is 2.17. The summed E-state index contributed by atoms with van der Waals surface area (Å²) in [4.78, 5) is 12.8. The summed E-state index contributed by atoms with van der Waals surface area (Å²) < 4.78 is 2.68. The summed E-state index contributed by atoms with van der Waals surface area (Å²) in [7, 11) is 1.80. The highest BCUT2D eigenvalue weighted by atomic mass is 32.1. The Balaban J connectivity index is 1.99. The number of benzene rings is 1. The van der Waals surface area contributed by atoms with Crippen LogP contribution in [0.2, 0.25) is 0 Å². The summed E-state index contributed by atoms with van der Waals surface area (Å²) in [6.07, 6.45) is 1.77. The van der Waals surface area contributed by atoms with Gasteiger partial charge in [0.1, 0.15) is 4.88 Å². The van der Waals surface area contributed by atoms with Crippen molar-refractivity contribution in [3.8, 4) is 0 Å². The van der Waals surface area contributed by atoms with Crippen LogP contribution in [-0.2, 0) is 7.05 Å². The van der Waals surface area contributed by atoms with E-state index in [1.807, 2.05) is 25.1 Å². The molecule has 102 valence electrons. The summed E-state index contributed by atoms with van der Waals surface area (Å²) in [6.45, 7) is 2.01. The van der Waals surface area contributed by atoms with Crippen molar-refractivity contribution in [2.45, 2.75) is 6.92 Å². The Bertz CT molecular complexity index is 803. The van der Waals surface area contributed by atoms with Gasteiger partial charge in [0, 0.05) is 29.4 Å². The van der Waals surface area contributed by atoms with Gasteiger partial charge >= 0.3 is 0 Å². The van der Waals surface area contributed by atoms with Gasteiger partial charge in [-0.3, -0.25) is 9.48 Å². The first-order valence-electron chi connectivity index (χ1n) is 6.15. The van der Waals surface area contributed by atoms with Crippen molar-refractivity contribution in [3.63, 3.8) is 0 Å². The first-order chi connectivity index (χ1) is 9.56. The third-order valence-electron chi connectivity index (χ3n) is 3.11. The third-order valence-corrected chi connectivity index (χ3v) is 4.47. The van der Waals surface area contributed by atoms with E-state index in [0.717, 1.165) is 15.6 Å². The SMILES string of the molecule is Cc1cccc2c(N)c(C(=O)Nc3ccn(C)n3)sc12. The number of rotatable bonds is 2. The number of nitrogens with two attached hydrogens (primary N) is 1. The van der Waals surface area contributed by atoms with Crippen LogP contribution in [0.1, 0.15) is 15.2 Å². The first kappa shape index (κ1) is 12.7. The van der Waals surface area contributed by atoms with E-state index in [4.69, 9.17) is 5.73 Å². The Labute approximate surface area is 120 Å². The maximum Gasteiger partial charge on any atom is 0.269 e. The molecule has 0 bridgehead atoms. The average molecular weight is 286 g/mol. The lowest BCUT2D eigenvalue weighted by Crippen LogP contribution is -2.12. The summed E-state index contributed by atoms with van der Waals surface area (Å²) in [5.74, 6) is 0.299. The summed E-state index contributed by atoms with van der Waals surface area (Å²) in [5, 5.41) is 7.82. The molecular formula is C14H14N4OS. The topological polar surface area (TPSA) is 72.9 Å². The number of fused-ring (bicyclic) bond motifs is 1.